The van der Waals surface area contributed by atoms with E-state index in [0.29, 0.717) is 13.2 Å². The molecule has 17 heavy (non-hydrogen) atoms. The molecule has 0 amide bonds. The molecule has 1 rings (SSSR count). The van der Waals surface area contributed by atoms with Crippen molar-refractivity contribution in [3.63, 3.8) is 0 Å². The summed E-state index contributed by atoms with van der Waals surface area (Å²) in [6.45, 7) is 9.81. The first kappa shape index (κ1) is 13.9. The Hall–Kier alpha value is -1.12. The van der Waals surface area contributed by atoms with E-state index in [1.54, 1.807) is 6.92 Å². The van der Waals surface area contributed by atoms with Gasteiger partial charge in [-0.1, -0.05) is 0 Å². The average Bonchev–Trinajstić information content (AvgIpc) is 2.31. The highest BCUT2D eigenvalue weighted by molar-refractivity contribution is 5.70. The van der Waals surface area contributed by atoms with Crippen LogP contribution in [-0.2, 0) is 19.0 Å². The van der Waals surface area contributed by atoms with Crippen molar-refractivity contribution in [1.82, 2.24) is 0 Å². The Balaban J connectivity index is 2.36. The minimum absolute atomic E-state index is 0.121. The van der Waals surface area contributed by atoms with Gasteiger partial charge >= 0.3 is 5.97 Å². The number of rotatable bonds is 6. The lowest BCUT2D eigenvalue weighted by Gasteiger charge is -2.25. The number of esters is 1. The first-order chi connectivity index (χ1) is 8.26. The van der Waals surface area contributed by atoms with Gasteiger partial charge < -0.3 is 19.1 Å². The second-order valence-corrected chi connectivity index (χ2v) is 3.90. The third-order valence-corrected chi connectivity index (χ3v) is 2.48. The molecule has 1 aliphatic rings. The summed E-state index contributed by atoms with van der Waals surface area (Å²) in [7, 11) is 0. The summed E-state index contributed by atoms with van der Waals surface area (Å²) in [6, 6.07) is 0. The van der Waals surface area contributed by atoms with Gasteiger partial charge in [0.2, 0.25) is 6.54 Å². The van der Waals surface area contributed by atoms with E-state index in [1.165, 1.54) is 0 Å². The van der Waals surface area contributed by atoms with Crippen LogP contribution in [0.15, 0.2) is 0 Å². The highest BCUT2D eigenvalue weighted by atomic mass is 16.7. The lowest BCUT2D eigenvalue weighted by atomic mass is 10.2. The van der Waals surface area contributed by atoms with E-state index in [0.717, 1.165) is 19.3 Å². The molecule has 5 nitrogen and oxygen atoms in total. The highest BCUT2D eigenvalue weighted by Gasteiger charge is 2.24. The Bertz CT molecular complexity index is 268. The Morgan fingerprint density at radius 2 is 2.41 bits per heavy atom. The van der Waals surface area contributed by atoms with Crippen molar-refractivity contribution in [2.45, 2.75) is 45.0 Å². The highest BCUT2D eigenvalue weighted by Crippen LogP contribution is 2.17. The fourth-order valence-electron chi connectivity index (χ4n) is 1.70. The van der Waals surface area contributed by atoms with Crippen molar-refractivity contribution in [2.75, 3.05) is 19.8 Å². The van der Waals surface area contributed by atoms with Crippen LogP contribution >= 0.6 is 0 Å². The van der Waals surface area contributed by atoms with E-state index < -0.39 is 6.10 Å². The van der Waals surface area contributed by atoms with E-state index in [4.69, 9.17) is 20.8 Å². The van der Waals surface area contributed by atoms with Gasteiger partial charge in [-0.2, -0.15) is 0 Å². The van der Waals surface area contributed by atoms with Crippen molar-refractivity contribution in [3.8, 4) is 0 Å². The topological polar surface area (TPSA) is 49.1 Å². The lowest BCUT2D eigenvalue weighted by Crippen LogP contribution is -2.31. The van der Waals surface area contributed by atoms with Gasteiger partial charge in [0.15, 0.2) is 6.29 Å². The molecule has 2 atom stereocenters. The lowest BCUT2D eigenvalue weighted by molar-refractivity contribution is -0.189. The van der Waals surface area contributed by atoms with Gasteiger partial charge in [-0.15, -0.1) is 0 Å². The largest absolute Gasteiger partial charge is 0.466 e. The van der Waals surface area contributed by atoms with Crippen LogP contribution in [-0.4, -0.2) is 38.1 Å². The SMILES string of the molecule is [C-]#[N+]CC(CC(=O)OCC)OC1CCCCO1. The summed E-state index contributed by atoms with van der Waals surface area (Å²) in [4.78, 5) is 14.6. The number of hydrogen-bond acceptors (Lipinski definition) is 4. The Morgan fingerprint density at radius 1 is 1.59 bits per heavy atom. The maximum atomic E-state index is 11.3. The van der Waals surface area contributed by atoms with E-state index in [1.807, 2.05) is 0 Å². The van der Waals surface area contributed by atoms with E-state index in [2.05, 4.69) is 4.85 Å². The van der Waals surface area contributed by atoms with Crippen LogP contribution in [0.3, 0.4) is 0 Å². The molecule has 96 valence electrons. The molecule has 5 heteroatoms. The zero-order chi connectivity index (χ0) is 12.5. The molecule has 1 aliphatic heterocycles. The van der Waals surface area contributed by atoms with Crippen LogP contribution in [0.5, 0.6) is 0 Å². The summed E-state index contributed by atoms with van der Waals surface area (Å²) >= 11 is 0. The third-order valence-electron chi connectivity index (χ3n) is 2.48. The average molecular weight is 241 g/mol. The minimum Gasteiger partial charge on any atom is -0.466 e. The normalized spacial score (nSPS) is 21.5. The fraction of sp³-hybridized carbons (Fsp3) is 0.833. The summed E-state index contributed by atoms with van der Waals surface area (Å²) in [5.74, 6) is -0.322. The van der Waals surface area contributed by atoms with E-state index in [9.17, 15) is 4.79 Å². The zero-order valence-electron chi connectivity index (χ0n) is 10.2. The zero-order valence-corrected chi connectivity index (χ0v) is 10.2. The molecule has 0 saturated carbocycles. The second-order valence-electron chi connectivity index (χ2n) is 3.90. The Morgan fingerprint density at radius 3 is 3.00 bits per heavy atom. The maximum Gasteiger partial charge on any atom is 0.308 e. The van der Waals surface area contributed by atoms with Crippen LogP contribution < -0.4 is 0 Å². The van der Waals surface area contributed by atoms with Crippen molar-refractivity contribution in [3.05, 3.63) is 11.4 Å². The molecule has 0 N–H and O–H groups in total. The van der Waals surface area contributed by atoms with Crippen molar-refractivity contribution >= 4 is 5.97 Å². The molecular weight excluding hydrogens is 222 g/mol. The first-order valence-electron chi connectivity index (χ1n) is 6.02. The quantitative estimate of drug-likeness (QED) is 0.525. The summed E-state index contributed by atoms with van der Waals surface area (Å²) in [5, 5.41) is 0. The van der Waals surface area contributed by atoms with Gasteiger partial charge in [0.05, 0.1) is 13.0 Å². The fourth-order valence-corrected chi connectivity index (χ4v) is 1.70. The molecule has 0 aromatic heterocycles. The standard InChI is InChI=1S/C12H19NO4/c1-3-15-11(14)8-10(9-13-2)17-12-6-4-5-7-16-12/h10,12H,3-9H2,1H3. The van der Waals surface area contributed by atoms with Crippen molar-refractivity contribution in [1.29, 1.82) is 0 Å². The second kappa shape index (κ2) is 8.04. The number of ether oxygens (including phenoxy) is 3. The van der Waals surface area contributed by atoms with Crippen molar-refractivity contribution < 1.29 is 19.0 Å². The van der Waals surface area contributed by atoms with Gasteiger partial charge in [-0.05, 0) is 26.2 Å². The summed E-state index contributed by atoms with van der Waals surface area (Å²) < 4.78 is 15.9. The van der Waals surface area contributed by atoms with Gasteiger partial charge in [-0.25, -0.2) is 6.57 Å². The van der Waals surface area contributed by atoms with Crippen LogP contribution in [0.1, 0.15) is 32.6 Å². The van der Waals surface area contributed by atoms with Gasteiger partial charge in [0.1, 0.15) is 6.10 Å². The van der Waals surface area contributed by atoms with Gasteiger partial charge in [0, 0.05) is 6.61 Å². The Kier molecular flexibility index (Phi) is 6.60. The Labute approximate surface area is 102 Å². The molecule has 1 fully saturated rings. The molecular formula is C12H19NO4. The molecule has 0 aromatic rings. The maximum absolute atomic E-state index is 11.3. The predicted octanol–water partition coefficient (Wildman–Crippen LogP) is 1.77. The molecule has 0 radical (unpaired) electrons. The van der Waals surface area contributed by atoms with Gasteiger partial charge in [0.25, 0.3) is 0 Å². The molecule has 1 heterocycles. The number of carbonyl (C=O) groups excluding carboxylic acids is 1. The van der Waals surface area contributed by atoms with Crippen LogP contribution in [0.4, 0.5) is 0 Å². The number of carbonyl (C=O) groups is 1. The number of hydrogen-bond donors (Lipinski definition) is 0. The monoisotopic (exact) mass is 241 g/mol. The first-order valence-corrected chi connectivity index (χ1v) is 6.02. The summed E-state index contributed by atoms with van der Waals surface area (Å²) in [5.41, 5.74) is 0. The molecule has 1 saturated heterocycles. The third kappa shape index (κ3) is 5.66. The number of nitrogens with zero attached hydrogens (tertiary/aromatic N) is 1. The molecule has 0 aromatic carbocycles. The molecule has 0 spiro atoms. The van der Waals surface area contributed by atoms with E-state index in [-0.39, 0.29) is 25.2 Å². The predicted molar refractivity (Wildman–Crippen MR) is 61.2 cm³/mol. The minimum atomic E-state index is -0.422. The molecule has 0 aliphatic carbocycles. The molecule has 0 bridgehead atoms. The van der Waals surface area contributed by atoms with Crippen LogP contribution in [0.2, 0.25) is 0 Å². The van der Waals surface area contributed by atoms with E-state index >= 15 is 0 Å². The molecule has 2 unspecified atom stereocenters. The van der Waals surface area contributed by atoms with Gasteiger partial charge in [-0.3, -0.25) is 4.79 Å². The van der Waals surface area contributed by atoms with Crippen LogP contribution in [0.25, 0.3) is 4.85 Å². The summed E-state index contributed by atoms with van der Waals surface area (Å²) in [6.07, 6.45) is 2.37. The van der Waals surface area contributed by atoms with Crippen molar-refractivity contribution in [2.24, 2.45) is 0 Å². The van der Waals surface area contributed by atoms with Crippen LogP contribution in [0, 0.1) is 6.57 Å². The smallest absolute Gasteiger partial charge is 0.308 e.